The van der Waals surface area contributed by atoms with Crippen LogP contribution in [-0.4, -0.2) is 15.9 Å². The number of aromatic nitrogens is 2. The van der Waals surface area contributed by atoms with Crippen molar-refractivity contribution in [2.24, 2.45) is 0 Å². The van der Waals surface area contributed by atoms with E-state index in [4.69, 9.17) is 17.3 Å². The second-order valence-electron chi connectivity index (χ2n) is 3.88. The van der Waals surface area contributed by atoms with Gasteiger partial charge in [0.2, 0.25) is 0 Å². The highest BCUT2D eigenvalue weighted by Crippen LogP contribution is 2.18. The molecule has 0 aliphatic carbocycles. The lowest BCUT2D eigenvalue weighted by Crippen LogP contribution is -2.14. The molecule has 2 heterocycles. The lowest BCUT2D eigenvalue weighted by atomic mass is 10.2. The van der Waals surface area contributed by atoms with Crippen LogP contribution in [0.5, 0.6) is 0 Å². The number of nitrogens with two attached hydrogens (primary N) is 1. The molecule has 98 valence electrons. The number of hydrogen-bond donors (Lipinski definition) is 2. The largest absolute Gasteiger partial charge is 0.384 e. The van der Waals surface area contributed by atoms with E-state index in [0.29, 0.717) is 11.4 Å². The maximum Gasteiger partial charge on any atom is 0.257 e. The van der Waals surface area contributed by atoms with Crippen molar-refractivity contribution in [3.63, 3.8) is 0 Å². The van der Waals surface area contributed by atoms with E-state index in [9.17, 15) is 4.79 Å². The molecule has 3 N–H and O–H groups in total. The van der Waals surface area contributed by atoms with Crippen molar-refractivity contribution in [2.45, 2.75) is 6.92 Å². The molecule has 1 amide bonds. The molecule has 0 bridgehead atoms. The highest BCUT2D eigenvalue weighted by molar-refractivity contribution is 9.10. The number of hydrogen-bond acceptors (Lipinski definition) is 4. The lowest BCUT2D eigenvalue weighted by Gasteiger charge is -2.08. The van der Waals surface area contributed by atoms with Gasteiger partial charge in [0, 0.05) is 16.2 Å². The minimum absolute atomic E-state index is 0.172. The first-order valence-corrected chi connectivity index (χ1v) is 6.49. The summed E-state index contributed by atoms with van der Waals surface area (Å²) in [6.07, 6.45) is 1.61. The number of nitrogens with zero attached hydrogens (tertiary/aromatic N) is 2. The molecule has 0 unspecified atom stereocenters. The minimum Gasteiger partial charge on any atom is -0.384 e. The number of pyridine rings is 2. The molecule has 0 radical (unpaired) electrons. The first-order valence-electron chi connectivity index (χ1n) is 5.32. The molecule has 0 aliphatic heterocycles. The van der Waals surface area contributed by atoms with Gasteiger partial charge in [-0.3, -0.25) is 4.79 Å². The number of carbonyl (C=O) groups excluding carboxylic acids is 1. The van der Waals surface area contributed by atoms with E-state index in [0.717, 1.165) is 10.0 Å². The zero-order valence-corrected chi connectivity index (χ0v) is 12.3. The van der Waals surface area contributed by atoms with Crippen molar-refractivity contribution in [3.8, 4) is 0 Å². The quantitative estimate of drug-likeness (QED) is 0.823. The van der Waals surface area contributed by atoms with Gasteiger partial charge in [-0.25, -0.2) is 9.97 Å². The van der Waals surface area contributed by atoms with Gasteiger partial charge < -0.3 is 11.1 Å². The highest BCUT2D eigenvalue weighted by Gasteiger charge is 2.11. The lowest BCUT2D eigenvalue weighted by molar-refractivity contribution is 0.102. The van der Waals surface area contributed by atoms with Crippen molar-refractivity contribution < 1.29 is 4.79 Å². The van der Waals surface area contributed by atoms with Crippen molar-refractivity contribution in [1.82, 2.24) is 9.97 Å². The Hall–Kier alpha value is -1.66. The van der Waals surface area contributed by atoms with Gasteiger partial charge in [-0.2, -0.15) is 0 Å². The zero-order chi connectivity index (χ0) is 14.0. The molecule has 0 aromatic carbocycles. The number of halogens is 2. The molecule has 0 saturated heterocycles. The molecule has 0 fully saturated rings. The second-order valence-corrected chi connectivity index (χ2v) is 5.18. The van der Waals surface area contributed by atoms with E-state index in [1.54, 1.807) is 6.20 Å². The van der Waals surface area contributed by atoms with Crippen LogP contribution in [-0.2, 0) is 0 Å². The normalized spacial score (nSPS) is 10.3. The number of anilines is 2. The summed E-state index contributed by atoms with van der Waals surface area (Å²) in [7, 11) is 0. The van der Waals surface area contributed by atoms with Gasteiger partial charge in [-0.15, -0.1) is 0 Å². The van der Waals surface area contributed by atoms with E-state index >= 15 is 0 Å². The van der Waals surface area contributed by atoms with Crippen LogP contribution in [0.1, 0.15) is 15.9 Å². The maximum absolute atomic E-state index is 12.1. The van der Waals surface area contributed by atoms with Crippen molar-refractivity contribution in [2.75, 3.05) is 11.1 Å². The minimum atomic E-state index is -0.339. The van der Waals surface area contributed by atoms with E-state index in [2.05, 4.69) is 31.2 Å². The number of aryl methyl sites for hydroxylation is 1. The third-order valence-electron chi connectivity index (χ3n) is 2.35. The molecule has 0 spiro atoms. The van der Waals surface area contributed by atoms with Crippen LogP contribution >= 0.6 is 27.5 Å². The number of amides is 1. The Kier molecular flexibility index (Phi) is 4.01. The standard InChI is InChI=1S/C12H10BrClN4O/c1-6-2-8(13)5-16-11(6)18-12(19)7-3-9(14)17-10(15)4-7/h2-5H,1H3,(H2,15,17)(H,16,18,19). The number of nitrogens with one attached hydrogen (secondary N) is 1. The SMILES string of the molecule is Cc1cc(Br)cnc1NC(=O)c1cc(N)nc(Cl)c1. The number of rotatable bonds is 2. The van der Waals surface area contributed by atoms with E-state index in [-0.39, 0.29) is 16.9 Å². The number of nitrogen functional groups attached to an aromatic ring is 1. The molecule has 5 nitrogen and oxygen atoms in total. The van der Waals surface area contributed by atoms with Crippen LogP contribution in [0.3, 0.4) is 0 Å². The van der Waals surface area contributed by atoms with Crippen LogP contribution in [0, 0.1) is 6.92 Å². The fraction of sp³-hybridized carbons (Fsp3) is 0.0833. The molecular formula is C12H10BrClN4O. The first kappa shape index (κ1) is 13.8. The monoisotopic (exact) mass is 340 g/mol. The van der Waals surface area contributed by atoms with Gasteiger partial charge in [-0.05, 0) is 46.6 Å². The van der Waals surface area contributed by atoms with Gasteiger partial charge in [0.1, 0.15) is 16.8 Å². The van der Waals surface area contributed by atoms with Crippen molar-refractivity contribution >= 4 is 45.1 Å². The summed E-state index contributed by atoms with van der Waals surface area (Å²) < 4.78 is 0.846. The Morgan fingerprint density at radius 1 is 1.42 bits per heavy atom. The molecule has 0 saturated carbocycles. The molecule has 7 heteroatoms. The summed E-state index contributed by atoms with van der Waals surface area (Å²) in [5.74, 6) is 0.340. The smallest absolute Gasteiger partial charge is 0.257 e. The maximum atomic E-state index is 12.1. The van der Waals surface area contributed by atoms with Crippen LogP contribution in [0.4, 0.5) is 11.6 Å². The molecule has 2 rings (SSSR count). The molecule has 0 aliphatic rings. The predicted molar refractivity (Wildman–Crippen MR) is 78.3 cm³/mol. The van der Waals surface area contributed by atoms with E-state index < -0.39 is 0 Å². The summed E-state index contributed by atoms with van der Waals surface area (Å²) in [5, 5.41) is 2.87. The number of carbonyl (C=O) groups is 1. The summed E-state index contributed by atoms with van der Waals surface area (Å²) in [5.41, 5.74) is 6.72. The fourth-order valence-electron chi connectivity index (χ4n) is 1.50. The molecule has 0 atom stereocenters. The Labute approximate surface area is 123 Å². The van der Waals surface area contributed by atoms with Gasteiger partial charge in [-0.1, -0.05) is 11.6 Å². The fourth-order valence-corrected chi connectivity index (χ4v) is 2.16. The van der Waals surface area contributed by atoms with Gasteiger partial charge >= 0.3 is 0 Å². The summed E-state index contributed by atoms with van der Waals surface area (Å²) in [6, 6.07) is 4.76. The Balaban J connectivity index is 2.25. The van der Waals surface area contributed by atoms with Gasteiger partial charge in [0.25, 0.3) is 5.91 Å². The third-order valence-corrected chi connectivity index (χ3v) is 2.98. The molecular weight excluding hydrogens is 332 g/mol. The first-order chi connectivity index (χ1) is 8.95. The molecule has 2 aromatic rings. The molecule has 19 heavy (non-hydrogen) atoms. The van der Waals surface area contributed by atoms with Crippen molar-refractivity contribution in [3.05, 3.63) is 45.1 Å². The van der Waals surface area contributed by atoms with Crippen molar-refractivity contribution in [1.29, 1.82) is 0 Å². The van der Waals surface area contributed by atoms with Crippen LogP contribution in [0.2, 0.25) is 5.15 Å². The van der Waals surface area contributed by atoms with E-state index in [1.807, 2.05) is 13.0 Å². The van der Waals surface area contributed by atoms with Gasteiger partial charge in [0.05, 0.1) is 0 Å². The summed E-state index contributed by atoms with van der Waals surface area (Å²) >= 11 is 9.07. The Bertz CT molecular complexity index is 627. The zero-order valence-electron chi connectivity index (χ0n) is 9.95. The van der Waals surface area contributed by atoms with Crippen LogP contribution in [0.25, 0.3) is 0 Å². The topological polar surface area (TPSA) is 80.9 Å². The van der Waals surface area contributed by atoms with Gasteiger partial charge in [0.15, 0.2) is 0 Å². The van der Waals surface area contributed by atoms with E-state index in [1.165, 1.54) is 12.1 Å². The Morgan fingerprint density at radius 3 is 2.79 bits per heavy atom. The average molecular weight is 342 g/mol. The average Bonchev–Trinajstić information content (AvgIpc) is 2.31. The van der Waals surface area contributed by atoms with Crippen LogP contribution < -0.4 is 11.1 Å². The van der Waals surface area contributed by atoms with Crippen LogP contribution in [0.15, 0.2) is 28.9 Å². The highest BCUT2D eigenvalue weighted by atomic mass is 79.9. The third kappa shape index (κ3) is 3.42. The second kappa shape index (κ2) is 5.54. The summed E-state index contributed by atoms with van der Waals surface area (Å²) in [4.78, 5) is 20.0. The summed E-state index contributed by atoms with van der Waals surface area (Å²) in [6.45, 7) is 1.85. The Morgan fingerprint density at radius 2 is 2.16 bits per heavy atom. The predicted octanol–water partition coefficient (Wildman–Crippen LogP) is 3.04. The molecule has 2 aromatic heterocycles.